The first-order valence-corrected chi connectivity index (χ1v) is 14.3. The van der Waals surface area contributed by atoms with E-state index < -0.39 is 0 Å². The third kappa shape index (κ3) is 6.68. The second kappa shape index (κ2) is 12.8. The van der Waals surface area contributed by atoms with Crippen molar-refractivity contribution in [3.8, 4) is 22.8 Å². The molecule has 9 heteroatoms. The first kappa shape index (κ1) is 29.3. The highest BCUT2D eigenvalue weighted by molar-refractivity contribution is 6.01. The summed E-state index contributed by atoms with van der Waals surface area (Å²) >= 11 is 0. The molecule has 2 aromatic heterocycles. The predicted octanol–water partition coefficient (Wildman–Crippen LogP) is 6.79. The molecule has 1 unspecified atom stereocenters. The van der Waals surface area contributed by atoms with E-state index in [1.165, 1.54) is 0 Å². The van der Waals surface area contributed by atoms with Gasteiger partial charge in [-0.3, -0.25) is 10.2 Å². The molecular formula is C34H37N9. The van der Waals surface area contributed by atoms with Crippen LogP contribution in [0.2, 0.25) is 0 Å². The molecule has 43 heavy (non-hydrogen) atoms. The third-order valence-corrected chi connectivity index (χ3v) is 7.33. The van der Waals surface area contributed by atoms with Crippen LogP contribution in [-0.2, 0) is 0 Å². The minimum Gasteiger partial charge on any atom is -0.308 e. The lowest BCUT2D eigenvalue weighted by Gasteiger charge is -2.11. The van der Waals surface area contributed by atoms with E-state index in [-0.39, 0.29) is 0 Å². The lowest BCUT2D eigenvalue weighted by Crippen LogP contribution is -2.31. The molecular weight excluding hydrogens is 534 g/mol. The van der Waals surface area contributed by atoms with Gasteiger partial charge in [0.15, 0.2) is 23.3 Å². The smallest absolute Gasteiger partial charge is 0.177 e. The molecule has 0 bridgehead atoms. The normalized spacial score (nSPS) is 15.9. The Hall–Kier alpha value is -5.15. The van der Waals surface area contributed by atoms with Gasteiger partial charge in [-0.15, -0.1) is 0 Å². The van der Waals surface area contributed by atoms with Crippen LogP contribution in [0.1, 0.15) is 62.5 Å². The van der Waals surface area contributed by atoms with Gasteiger partial charge in [0.1, 0.15) is 5.84 Å². The molecule has 0 saturated carbocycles. The van der Waals surface area contributed by atoms with E-state index in [2.05, 4.69) is 63.6 Å². The summed E-state index contributed by atoms with van der Waals surface area (Å²) in [5.41, 5.74) is 10.8. The number of hydrogen-bond donors (Lipinski definition) is 4. The number of aryl methyl sites for hydroxylation is 1. The number of hydrazine groups is 1. The van der Waals surface area contributed by atoms with Gasteiger partial charge < -0.3 is 5.43 Å². The van der Waals surface area contributed by atoms with E-state index in [1.807, 2.05) is 76.2 Å². The predicted molar refractivity (Wildman–Crippen MR) is 175 cm³/mol. The van der Waals surface area contributed by atoms with Crippen molar-refractivity contribution in [2.75, 3.05) is 0 Å². The van der Waals surface area contributed by atoms with E-state index in [0.29, 0.717) is 40.7 Å². The molecule has 9 nitrogen and oxygen atoms in total. The minimum atomic E-state index is 0.427. The molecule has 2 aromatic carbocycles. The molecule has 2 heterocycles. The summed E-state index contributed by atoms with van der Waals surface area (Å²) in [5, 5.41) is 15.3. The van der Waals surface area contributed by atoms with Gasteiger partial charge in [-0.2, -0.15) is 10.2 Å². The summed E-state index contributed by atoms with van der Waals surface area (Å²) in [6.45, 7) is 14.5. The molecule has 0 spiro atoms. The Balaban J connectivity index is 1.58. The van der Waals surface area contributed by atoms with Crippen molar-refractivity contribution in [2.24, 2.45) is 16.8 Å². The fourth-order valence-electron chi connectivity index (χ4n) is 4.88. The maximum atomic E-state index is 5.87. The molecule has 0 aliphatic heterocycles. The second-order valence-electron chi connectivity index (χ2n) is 10.8. The van der Waals surface area contributed by atoms with Crippen molar-refractivity contribution >= 4 is 22.7 Å². The summed E-state index contributed by atoms with van der Waals surface area (Å²) in [7, 11) is 0. The average molecular weight is 572 g/mol. The molecule has 5 rings (SSSR count). The highest BCUT2D eigenvalue weighted by atomic mass is 15.3. The lowest BCUT2D eigenvalue weighted by atomic mass is 9.95. The van der Waals surface area contributed by atoms with Crippen LogP contribution in [0.5, 0.6) is 0 Å². The van der Waals surface area contributed by atoms with E-state index in [1.54, 1.807) is 0 Å². The van der Waals surface area contributed by atoms with Gasteiger partial charge in [-0.05, 0) is 69.4 Å². The van der Waals surface area contributed by atoms with Gasteiger partial charge in [0, 0.05) is 22.3 Å². The highest BCUT2D eigenvalue weighted by Crippen LogP contribution is 2.33. The number of amidine groups is 1. The number of H-pyrrole nitrogens is 2. The maximum Gasteiger partial charge on any atom is 0.177 e. The monoisotopic (exact) mass is 571 g/mol. The summed E-state index contributed by atoms with van der Waals surface area (Å²) in [6.07, 6.45) is 11.3. The topological polar surface area (TPSA) is 134 Å². The van der Waals surface area contributed by atoms with Crippen LogP contribution in [0.4, 0.5) is 0 Å². The Morgan fingerprint density at radius 2 is 1.84 bits per heavy atom. The Bertz CT molecular complexity index is 1810. The summed E-state index contributed by atoms with van der Waals surface area (Å²) in [4.78, 5) is 14.5. The van der Waals surface area contributed by atoms with Crippen molar-refractivity contribution in [1.82, 2.24) is 35.8 Å². The molecule has 218 valence electrons. The highest BCUT2D eigenvalue weighted by Gasteiger charge is 2.19. The number of benzene rings is 2. The van der Waals surface area contributed by atoms with Crippen LogP contribution in [-0.4, -0.2) is 36.2 Å². The lowest BCUT2D eigenvalue weighted by molar-refractivity contribution is 0.744. The summed E-state index contributed by atoms with van der Waals surface area (Å²) < 4.78 is 0. The molecule has 1 atom stereocenters. The van der Waals surface area contributed by atoms with E-state index in [4.69, 9.17) is 20.8 Å². The van der Waals surface area contributed by atoms with Gasteiger partial charge in [-0.1, -0.05) is 79.3 Å². The quantitative estimate of drug-likeness (QED) is 0.0605. The van der Waals surface area contributed by atoms with Crippen LogP contribution in [0.25, 0.3) is 39.6 Å². The Morgan fingerprint density at radius 1 is 1.05 bits per heavy atom. The number of nitrogens with zero attached hydrogens (tertiary/aromatic N) is 5. The molecule has 4 aromatic rings. The Kier molecular flexibility index (Phi) is 8.73. The van der Waals surface area contributed by atoms with Crippen LogP contribution < -0.4 is 11.3 Å². The Labute approximate surface area is 252 Å². The number of nitrogens with one attached hydrogen (secondary N) is 3. The zero-order valence-corrected chi connectivity index (χ0v) is 25.2. The Morgan fingerprint density at radius 3 is 2.58 bits per heavy atom. The largest absolute Gasteiger partial charge is 0.308 e. The zero-order chi connectivity index (χ0) is 30.5. The minimum absolute atomic E-state index is 0.427. The number of aromatic amines is 2. The standard InChI is InChI=1S/C34H37N9/c1-7-20(2)16-23(5)30-37-33(42-40-30)28-15-14-25(24(6)36-31(39-35)26-12-8-10-21(3)17-26)19-29(28)34-38-32(41-43-34)27-13-9-11-22(4)18-27/h7-17,19,22H,6,18,35H2,1-5H3,(H,36,39)(H,37,40,42)(H,38,41,43)/b20-7-,23-16+. The first-order valence-electron chi connectivity index (χ1n) is 14.3. The SMILES string of the molecule is C=C(N=C(NN)c1cccc(C)c1)c1ccc(-c2nc(/C(C)=C/C(C)=C\C)n[nH]2)c(-c2nc(C3=CC=CC(C)C3)n[nH]2)c1. The van der Waals surface area contributed by atoms with Crippen molar-refractivity contribution in [1.29, 1.82) is 0 Å². The molecule has 1 aliphatic rings. The molecule has 0 saturated heterocycles. The van der Waals surface area contributed by atoms with E-state index in [0.717, 1.165) is 51.0 Å². The maximum absolute atomic E-state index is 5.87. The summed E-state index contributed by atoms with van der Waals surface area (Å²) in [5.74, 6) is 9.34. The first-order chi connectivity index (χ1) is 20.7. The molecule has 0 radical (unpaired) electrons. The number of rotatable bonds is 8. The number of hydrogen-bond acceptors (Lipinski definition) is 6. The van der Waals surface area contributed by atoms with Crippen molar-refractivity contribution < 1.29 is 0 Å². The van der Waals surface area contributed by atoms with Crippen LogP contribution >= 0.6 is 0 Å². The molecule has 0 fully saturated rings. The van der Waals surface area contributed by atoms with Crippen LogP contribution in [0.3, 0.4) is 0 Å². The van der Waals surface area contributed by atoms with Crippen molar-refractivity contribution in [3.05, 3.63) is 113 Å². The summed E-state index contributed by atoms with van der Waals surface area (Å²) in [6, 6.07) is 13.9. The molecule has 5 N–H and O–H groups in total. The fourth-order valence-corrected chi connectivity index (χ4v) is 4.88. The number of nitrogens with two attached hydrogens (primary N) is 1. The fraction of sp³-hybridized carbons (Fsp3) is 0.206. The van der Waals surface area contributed by atoms with E-state index >= 15 is 0 Å². The number of aliphatic imine (C=N–C) groups is 1. The van der Waals surface area contributed by atoms with Gasteiger partial charge in [0.2, 0.25) is 0 Å². The zero-order valence-electron chi connectivity index (χ0n) is 25.2. The van der Waals surface area contributed by atoms with Crippen LogP contribution in [0.15, 0.2) is 90.0 Å². The van der Waals surface area contributed by atoms with Crippen LogP contribution in [0, 0.1) is 12.8 Å². The average Bonchev–Trinajstić information content (AvgIpc) is 3.70. The number of allylic oxidation sites excluding steroid dienone is 8. The van der Waals surface area contributed by atoms with Gasteiger partial charge in [0.05, 0.1) is 5.70 Å². The molecule has 0 amide bonds. The third-order valence-electron chi connectivity index (χ3n) is 7.33. The second-order valence-corrected chi connectivity index (χ2v) is 10.8. The van der Waals surface area contributed by atoms with Gasteiger partial charge in [0.25, 0.3) is 0 Å². The van der Waals surface area contributed by atoms with Gasteiger partial charge >= 0.3 is 0 Å². The van der Waals surface area contributed by atoms with Gasteiger partial charge in [-0.25, -0.2) is 20.8 Å². The van der Waals surface area contributed by atoms with E-state index in [9.17, 15) is 0 Å². The van der Waals surface area contributed by atoms with Crippen molar-refractivity contribution in [2.45, 2.75) is 41.0 Å². The number of aromatic nitrogens is 6. The molecule has 1 aliphatic carbocycles. The van der Waals surface area contributed by atoms with Crippen molar-refractivity contribution in [3.63, 3.8) is 0 Å².